The molecule has 1 aliphatic carbocycles. The number of hydrogen-bond donors (Lipinski definition) is 0. The van der Waals surface area contributed by atoms with Crippen molar-refractivity contribution in [1.82, 2.24) is 14.8 Å². The highest BCUT2D eigenvalue weighted by atomic mass is 35.5. The van der Waals surface area contributed by atoms with E-state index >= 15 is 0 Å². The molecule has 1 saturated carbocycles. The summed E-state index contributed by atoms with van der Waals surface area (Å²) in [5.74, 6) is 1.92. The molecule has 0 amide bonds. The summed E-state index contributed by atoms with van der Waals surface area (Å²) < 4.78 is 2.04. The quantitative estimate of drug-likeness (QED) is 0.770. The molecule has 0 spiro atoms. The van der Waals surface area contributed by atoms with Crippen LogP contribution in [0.1, 0.15) is 38.4 Å². The van der Waals surface area contributed by atoms with E-state index in [-0.39, 0.29) is 0 Å². The van der Waals surface area contributed by atoms with Gasteiger partial charge in [-0.3, -0.25) is 0 Å². The zero-order chi connectivity index (χ0) is 9.97. The van der Waals surface area contributed by atoms with Gasteiger partial charge in [-0.15, -0.1) is 10.2 Å². The summed E-state index contributed by atoms with van der Waals surface area (Å²) in [4.78, 5) is 0. The molecule has 1 aromatic rings. The number of rotatable bonds is 4. The Bertz CT molecular complexity index is 304. The summed E-state index contributed by atoms with van der Waals surface area (Å²) in [6.07, 6.45) is 6.32. The minimum Gasteiger partial charge on any atom is -0.302 e. The van der Waals surface area contributed by atoms with Gasteiger partial charge in [0.1, 0.15) is 5.82 Å². The first-order valence-corrected chi connectivity index (χ1v) is 5.76. The van der Waals surface area contributed by atoms with Crippen molar-refractivity contribution >= 4 is 11.6 Å². The van der Waals surface area contributed by atoms with Gasteiger partial charge >= 0.3 is 0 Å². The summed E-state index contributed by atoms with van der Waals surface area (Å²) in [5.41, 5.74) is 0. The maximum Gasteiger partial charge on any atom is 0.225 e. The van der Waals surface area contributed by atoms with Crippen LogP contribution in [0.5, 0.6) is 0 Å². The van der Waals surface area contributed by atoms with Gasteiger partial charge in [0.2, 0.25) is 5.28 Å². The molecule has 0 atom stereocenters. The van der Waals surface area contributed by atoms with Crippen LogP contribution in [-0.4, -0.2) is 14.8 Å². The molecule has 3 nitrogen and oxygen atoms in total. The molecular formula is C10H16ClN3. The van der Waals surface area contributed by atoms with E-state index in [2.05, 4.69) is 17.1 Å². The Labute approximate surface area is 89.5 Å². The summed E-state index contributed by atoms with van der Waals surface area (Å²) >= 11 is 5.96. The average Bonchev–Trinajstić information content (AvgIpc) is 2.45. The number of aromatic nitrogens is 3. The van der Waals surface area contributed by atoms with Crippen LogP contribution in [0.3, 0.4) is 0 Å². The van der Waals surface area contributed by atoms with Crippen molar-refractivity contribution in [1.29, 1.82) is 0 Å². The second-order valence-corrected chi connectivity index (χ2v) is 4.31. The Morgan fingerprint density at radius 1 is 1.43 bits per heavy atom. The molecule has 78 valence electrons. The third kappa shape index (κ3) is 1.92. The molecule has 0 unspecified atom stereocenters. The lowest BCUT2D eigenvalue weighted by Gasteiger charge is -2.25. The number of aryl methyl sites for hydroxylation is 1. The highest BCUT2D eigenvalue weighted by Crippen LogP contribution is 2.30. The monoisotopic (exact) mass is 213 g/mol. The molecule has 0 aromatic carbocycles. The van der Waals surface area contributed by atoms with Gasteiger partial charge in [0.05, 0.1) is 0 Å². The number of halogens is 1. The molecule has 2 rings (SSSR count). The normalized spacial score (nSPS) is 17.0. The third-order valence-corrected chi connectivity index (χ3v) is 3.36. The third-order valence-electron chi connectivity index (χ3n) is 3.08. The Kier molecular flexibility index (Phi) is 3.06. The molecule has 0 aliphatic heterocycles. The Morgan fingerprint density at radius 2 is 2.21 bits per heavy atom. The second kappa shape index (κ2) is 4.30. The molecule has 1 heterocycles. The van der Waals surface area contributed by atoms with Gasteiger partial charge in [0.25, 0.3) is 0 Å². The van der Waals surface area contributed by atoms with Crippen molar-refractivity contribution < 1.29 is 0 Å². The molecule has 14 heavy (non-hydrogen) atoms. The van der Waals surface area contributed by atoms with Crippen LogP contribution >= 0.6 is 11.6 Å². The minimum absolute atomic E-state index is 0.543. The van der Waals surface area contributed by atoms with E-state index in [0.29, 0.717) is 5.28 Å². The Hall–Kier alpha value is -0.570. The van der Waals surface area contributed by atoms with E-state index in [1.807, 2.05) is 4.57 Å². The molecule has 1 aliphatic rings. The van der Waals surface area contributed by atoms with Crippen LogP contribution in [0.25, 0.3) is 0 Å². The second-order valence-electron chi connectivity index (χ2n) is 3.98. The van der Waals surface area contributed by atoms with Crippen molar-refractivity contribution in [2.24, 2.45) is 5.92 Å². The van der Waals surface area contributed by atoms with Crippen molar-refractivity contribution in [3.63, 3.8) is 0 Å². The maximum atomic E-state index is 5.96. The zero-order valence-corrected chi connectivity index (χ0v) is 9.30. The SMILES string of the molecule is CCc1nnc(Cl)n1CCC1CCC1. The van der Waals surface area contributed by atoms with Crippen molar-refractivity contribution in [2.45, 2.75) is 45.6 Å². The van der Waals surface area contributed by atoms with E-state index < -0.39 is 0 Å². The zero-order valence-electron chi connectivity index (χ0n) is 8.54. The molecule has 1 fully saturated rings. The highest BCUT2D eigenvalue weighted by Gasteiger charge is 2.18. The lowest BCUT2D eigenvalue weighted by Crippen LogP contribution is -2.15. The van der Waals surface area contributed by atoms with E-state index in [1.54, 1.807) is 0 Å². The predicted molar refractivity (Wildman–Crippen MR) is 56.4 cm³/mol. The molecular weight excluding hydrogens is 198 g/mol. The highest BCUT2D eigenvalue weighted by molar-refractivity contribution is 6.28. The van der Waals surface area contributed by atoms with Gasteiger partial charge in [0.15, 0.2) is 0 Å². The molecule has 1 aromatic heterocycles. The first kappa shape index (κ1) is 9.97. The fourth-order valence-electron chi connectivity index (χ4n) is 1.89. The fraction of sp³-hybridized carbons (Fsp3) is 0.800. The van der Waals surface area contributed by atoms with Crippen LogP contribution in [0, 0.1) is 5.92 Å². The van der Waals surface area contributed by atoms with Crippen molar-refractivity contribution in [2.75, 3.05) is 0 Å². The lowest BCUT2D eigenvalue weighted by molar-refractivity contribution is 0.281. The summed E-state index contributed by atoms with van der Waals surface area (Å²) in [6.45, 7) is 3.07. The van der Waals surface area contributed by atoms with Gasteiger partial charge < -0.3 is 4.57 Å². The Morgan fingerprint density at radius 3 is 2.79 bits per heavy atom. The van der Waals surface area contributed by atoms with Crippen LogP contribution in [-0.2, 0) is 13.0 Å². The predicted octanol–water partition coefficient (Wildman–Crippen LogP) is 2.68. The van der Waals surface area contributed by atoms with Crippen LogP contribution < -0.4 is 0 Å². The molecule has 0 radical (unpaired) electrons. The standard InChI is InChI=1S/C10H16ClN3/c1-2-9-12-13-10(11)14(9)7-6-8-4-3-5-8/h8H,2-7H2,1H3. The average molecular weight is 214 g/mol. The lowest BCUT2D eigenvalue weighted by atomic mass is 9.83. The first-order valence-electron chi connectivity index (χ1n) is 5.39. The summed E-state index contributed by atoms with van der Waals surface area (Å²) in [5, 5.41) is 8.47. The summed E-state index contributed by atoms with van der Waals surface area (Å²) in [6, 6.07) is 0. The van der Waals surface area contributed by atoms with Gasteiger partial charge in [-0.25, -0.2) is 0 Å². The van der Waals surface area contributed by atoms with E-state index in [0.717, 1.165) is 24.7 Å². The minimum atomic E-state index is 0.543. The van der Waals surface area contributed by atoms with Crippen LogP contribution in [0.2, 0.25) is 5.28 Å². The number of nitrogens with zero attached hydrogens (tertiary/aromatic N) is 3. The van der Waals surface area contributed by atoms with Crippen molar-refractivity contribution in [3.8, 4) is 0 Å². The van der Waals surface area contributed by atoms with Gasteiger partial charge in [-0.1, -0.05) is 26.2 Å². The van der Waals surface area contributed by atoms with Crippen LogP contribution in [0.15, 0.2) is 0 Å². The maximum absolute atomic E-state index is 5.96. The molecule has 4 heteroatoms. The number of hydrogen-bond acceptors (Lipinski definition) is 2. The van der Waals surface area contributed by atoms with Gasteiger partial charge in [-0.05, 0) is 23.9 Å². The van der Waals surface area contributed by atoms with Gasteiger partial charge in [0, 0.05) is 13.0 Å². The van der Waals surface area contributed by atoms with Crippen LogP contribution in [0.4, 0.5) is 0 Å². The topological polar surface area (TPSA) is 30.7 Å². The fourth-order valence-corrected chi connectivity index (χ4v) is 2.11. The Balaban J connectivity index is 1.95. The van der Waals surface area contributed by atoms with Crippen molar-refractivity contribution in [3.05, 3.63) is 11.1 Å². The van der Waals surface area contributed by atoms with E-state index in [9.17, 15) is 0 Å². The van der Waals surface area contributed by atoms with E-state index in [4.69, 9.17) is 11.6 Å². The summed E-state index contributed by atoms with van der Waals surface area (Å²) in [7, 11) is 0. The molecule has 0 bridgehead atoms. The smallest absolute Gasteiger partial charge is 0.225 e. The van der Waals surface area contributed by atoms with Gasteiger partial charge in [-0.2, -0.15) is 0 Å². The first-order chi connectivity index (χ1) is 6.81. The molecule has 0 saturated heterocycles. The molecule has 0 N–H and O–H groups in total. The van der Waals surface area contributed by atoms with E-state index in [1.165, 1.54) is 25.7 Å². The largest absolute Gasteiger partial charge is 0.302 e.